The van der Waals surface area contributed by atoms with Crippen LogP contribution in [0, 0.1) is 17.2 Å². The Bertz CT molecular complexity index is 458. The number of carbonyl (C=O) groups excluding carboxylic acids is 1. The Labute approximate surface area is 124 Å². The Morgan fingerprint density at radius 2 is 2.05 bits per heavy atom. The van der Waals surface area contributed by atoms with Crippen LogP contribution in [0.4, 0.5) is 4.39 Å². The topological polar surface area (TPSA) is 29.1 Å². The van der Waals surface area contributed by atoms with E-state index in [-0.39, 0.29) is 23.1 Å². The summed E-state index contributed by atoms with van der Waals surface area (Å²) in [6.07, 6.45) is 1.99. The molecule has 1 amide bonds. The number of benzene rings is 1. The molecule has 1 N–H and O–H groups in total. The third-order valence-corrected chi connectivity index (χ3v) is 4.89. The second kappa shape index (κ2) is 6.61. The number of hydrogen-bond acceptors (Lipinski definition) is 2. The summed E-state index contributed by atoms with van der Waals surface area (Å²) in [6, 6.07) is 6.62. The molecule has 4 heteroatoms. The van der Waals surface area contributed by atoms with Crippen LogP contribution in [0.15, 0.2) is 24.3 Å². The van der Waals surface area contributed by atoms with E-state index in [0.29, 0.717) is 0 Å². The molecule has 2 rings (SSSR count). The highest BCUT2D eigenvalue weighted by atomic mass is 32.2. The molecular weight excluding hydrogens is 273 g/mol. The number of amides is 1. The maximum absolute atomic E-state index is 12.7. The van der Waals surface area contributed by atoms with E-state index in [1.807, 2.05) is 23.9 Å². The summed E-state index contributed by atoms with van der Waals surface area (Å²) in [5.74, 6) is 2.13. The van der Waals surface area contributed by atoms with Crippen molar-refractivity contribution in [2.75, 3.05) is 12.3 Å². The fourth-order valence-electron chi connectivity index (χ4n) is 2.19. The van der Waals surface area contributed by atoms with Crippen molar-refractivity contribution in [3.8, 4) is 0 Å². The van der Waals surface area contributed by atoms with Crippen LogP contribution in [0.5, 0.6) is 0 Å². The SMILES string of the molecule is CC1(C)CC1C(=O)NCCCSCc1ccc(F)cc1. The van der Waals surface area contributed by atoms with E-state index in [0.717, 1.165) is 36.5 Å². The van der Waals surface area contributed by atoms with Gasteiger partial charge in [0.1, 0.15) is 5.82 Å². The van der Waals surface area contributed by atoms with Crippen molar-refractivity contribution in [2.24, 2.45) is 11.3 Å². The number of nitrogens with one attached hydrogen (secondary N) is 1. The maximum Gasteiger partial charge on any atom is 0.223 e. The van der Waals surface area contributed by atoms with Gasteiger partial charge in [-0.25, -0.2) is 4.39 Å². The lowest BCUT2D eigenvalue weighted by atomic mass is 10.1. The largest absolute Gasteiger partial charge is 0.356 e. The van der Waals surface area contributed by atoms with Crippen molar-refractivity contribution >= 4 is 17.7 Å². The van der Waals surface area contributed by atoms with E-state index in [1.54, 1.807) is 0 Å². The minimum Gasteiger partial charge on any atom is -0.356 e. The van der Waals surface area contributed by atoms with Crippen molar-refractivity contribution in [1.82, 2.24) is 5.32 Å². The lowest BCUT2D eigenvalue weighted by Crippen LogP contribution is -2.27. The minimum atomic E-state index is -0.190. The standard InChI is InChI=1S/C16H22FNOS/c1-16(2)10-14(16)15(19)18-8-3-9-20-11-12-4-6-13(17)7-5-12/h4-7,14H,3,8-11H2,1-2H3,(H,18,19). The summed E-state index contributed by atoms with van der Waals surface area (Å²) in [7, 11) is 0. The smallest absolute Gasteiger partial charge is 0.223 e. The predicted octanol–water partition coefficient (Wildman–Crippen LogP) is 3.61. The Hall–Kier alpha value is -1.03. The summed E-state index contributed by atoms with van der Waals surface area (Å²) in [5, 5.41) is 3.00. The zero-order chi connectivity index (χ0) is 14.6. The van der Waals surface area contributed by atoms with Crippen LogP contribution in [0.1, 0.15) is 32.3 Å². The first kappa shape index (κ1) is 15.4. The van der Waals surface area contributed by atoms with E-state index in [1.165, 1.54) is 12.1 Å². The Balaban J connectivity index is 1.52. The Morgan fingerprint density at radius 1 is 1.40 bits per heavy atom. The van der Waals surface area contributed by atoms with Gasteiger partial charge in [-0.2, -0.15) is 11.8 Å². The molecule has 1 fully saturated rings. The van der Waals surface area contributed by atoms with Crippen LogP contribution < -0.4 is 5.32 Å². The molecule has 1 aliphatic rings. The lowest BCUT2D eigenvalue weighted by Gasteiger charge is -2.06. The van der Waals surface area contributed by atoms with Gasteiger partial charge < -0.3 is 5.32 Å². The molecule has 1 aromatic rings. The van der Waals surface area contributed by atoms with Gasteiger partial charge in [-0.05, 0) is 41.7 Å². The zero-order valence-corrected chi connectivity index (χ0v) is 12.9. The Kier molecular flexibility index (Phi) is 5.08. The molecule has 1 atom stereocenters. The molecule has 0 radical (unpaired) electrons. The van der Waals surface area contributed by atoms with Gasteiger partial charge in [-0.1, -0.05) is 26.0 Å². The van der Waals surface area contributed by atoms with Gasteiger partial charge in [0.15, 0.2) is 0 Å². The van der Waals surface area contributed by atoms with Crippen LogP contribution >= 0.6 is 11.8 Å². The zero-order valence-electron chi connectivity index (χ0n) is 12.1. The summed E-state index contributed by atoms with van der Waals surface area (Å²) < 4.78 is 12.7. The van der Waals surface area contributed by atoms with Gasteiger partial charge in [0, 0.05) is 18.2 Å². The quantitative estimate of drug-likeness (QED) is 0.779. The summed E-state index contributed by atoms with van der Waals surface area (Å²) in [4.78, 5) is 11.8. The van der Waals surface area contributed by atoms with Crippen LogP contribution in [-0.4, -0.2) is 18.2 Å². The van der Waals surface area contributed by atoms with Gasteiger partial charge >= 0.3 is 0 Å². The van der Waals surface area contributed by atoms with E-state index < -0.39 is 0 Å². The summed E-state index contributed by atoms with van der Waals surface area (Å²) in [6.45, 7) is 5.02. The van der Waals surface area contributed by atoms with E-state index in [2.05, 4.69) is 19.2 Å². The van der Waals surface area contributed by atoms with Crippen LogP contribution in [-0.2, 0) is 10.5 Å². The van der Waals surface area contributed by atoms with Crippen molar-refractivity contribution < 1.29 is 9.18 Å². The van der Waals surface area contributed by atoms with Gasteiger partial charge in [0.25, 0.3) is 0 Å². The van der Waals surface area contributed by atoms with E-state index >= 15 is 0 Å². The average molecular weight is 295 g/mol. The highest BCUT2D eigenvalue weighted by Crippen LogP contribution is 2.51. The van der Waals surface area contributed by atoms with Crippen LogP contribution in [0.2, 0.25) is 0 Å². The molecule has 1 aliphatic carbocycles. The van der Waals surface area contributed by atoms with Crippen molar-refractivity contribution in [1.29, 1.82) is 0 Å². The van der Waals surface area contributed by atoms with Crippen molar-refractivity contribution in [2.45, 2.75) is 32.4 Å². The van der Waals surface area contributed by atoms with Crippen molar-refractivity contribution in [3.63, 3.8) is 0 Å². The Morgan fingerprint density at radius 3 is 2.65 bits per heavy atom. The molecule has 1 aromatic carbocycles. The molecule has 0 heterocycles. The lowest BCUT2D eigenvalue weighted by molar-refractivity contribution is -0.122. The first-order chi connectivity index (χ1) is 9.49. The fourth-order valence-corrected chi connectivity index (χ4v) is 3.12. The van der Waals surface area contributed by atoms with Gasteiger partial charge in [0.05, 0.1) is 0 Å². The van der Waals surface area contributed by atoms with Crippen LogP contribution in [0.3, 0.4) is 0 Å². The minimum absolute atomic E-state index is 0.190. The number of halogens is 1. The average Bonchev–Trinajstić information content (AvgIpc) is 3.05. The van der Waals surface area contributed by atoms with Gasteiger partial charge in [0.2, 0.25) is 5.91 Å². The molecule has 1 saturated carbocycles. The fraction of sp³-hybridized carbons (Fsp3) is 0.562. The molecular formula is C16H22FNOS. The molecule has 0 saturated heterocycles. The highest BCUT2D eigenvalue weighted by molar-refractivity contribution is 7.98. The third-order valence-electron chi connectivity index (χ3n) is 3.78. The number of hydrogen-bond donors (Lipinski definition) is 1. The van der Waals surface area contributed by atoms with E-state index in [4.69, 9.17) is 0 Å². The third kappa shape index (κ3) is 4.51. The molecule has 2 nitrogen and oxygen atoms in total. The van der Waals surface area contributed by atoms with Crippen LogP contribution in [0.25, 0.3) is 0 Å². The number of thioether (sulfide) groups is 1. The van der Waals surface area contributed by atoms with Crippen molar-refractivity contribution in [3.05, 3.63) is 35.6 Å². The molecule has 0 bridgehead atoms. The summed E-state index contributed by atoms with van der Waals surface area (Å²) >= 11 is 1.81. The first-order valence-corrected chi connectivity index (χ1v) is 8.24. The normalized spacial score (nSPS) is 19.6. The monoisotopic (exact) mass is 295 g/mol. The van der Waals surface area contributed by atoms with Gasteiger partial charge in [-0.3, -0.25) is 4.79 Å². The predicted molar refractivity (Wildman–Crippen MR) is 82.1 cm³/mol. The molecule has 110 valence electrons. The molecule has 1 unspecified atom stereocenters. The second-order valence-electron chi connectivity index (χ2n) is 6.07. The maximum atomic E-state index is 12.7. The number of rotatable bonds is 7. The molecule has 0 aliphatic heterocycles. The number of carbonyl (C=O) groups is 1. The summed E-state index contributed by atoms with van der Waals surface area (Å²) in [5.41, 5.74) is 1.35. The van der Waals surface area contributed by atoms with E-state index in [9.17, 15) is 9.18 Å². The highest BCUT2D eigenvalue weighted by Gasteiger charge is 2.50. The molecule has 0 aromatic heterocycles. The second-order valence-corrected chi connectivity index (χ2v) is 7.17. The van der Waals surface area contributed by atoms with Gasteiger partial charge in [-0.15, -0.1) is 0 Å². The molecule has 0 spiro atoms. The molecule has 20 heavy (non-hydrogen) atoms. The first-order valence-electron chi connectivity index (χ1n) is 7.09.